The summed E-state index contributed by atoms with van der Waals surface area (Å²) in [4.78, 5) is 37.6. The third-order valence-electron chi connectivity index (χ3n) is 4.56. The molecule has 1 aromatic rings. The van der Waals surface area contributed by atoms with E-state index in [2.05, 4.69) is 26.5 Å². The Balaban J connectivity index is 0.000000856. The lowest BCUT2D eigenvalue weighted by molar-refractivity contribution is -0.192. The maximum Gasteiger partial charge on any atom is 0.490 e. The van der Waals surface area contributed by atoms with Crippen molar-refractivity contribution in [3.05, 3.63) is 30.5 Å². The number of hydrogen-bond donors (Lipinski definition) is 3. The van der Waals surface area contributed by atoms with Gasteiger partial charge >= 0.3 is 18.2 Å². The molecule has 208 valence electrons. The lowest BCUT2D eigenvalue weighted by Gasteiger charge is -2.29. The van der Waals surface area contributed by atoms with Gasteiger partial charge in [0, 0.05) is 49.8 Å². The van der Waals surface area contributed by atoms with E-state index in [9.17, 15) is 22.8 Å². The number of alkyl halides is 3. The number of carboxylic acid groups (broad SMARTS) is 1. The fraction of sp³-hybridized carbons (Fsp3) is 0.565. The molecule has 0 aromatic carbocycles. The molecular weight excluding hydrogens is 517 g/mol. The first-order valence-corrected chi connectivity index (χ1v) is 12.0. The van der Waals surface area contributed by atoms with Crippen LogP contribution in [-0.2, 0) is 14.3 Å². The van der Waals surface area contributed by atoms with E-state index in [4.69, 9.17) is 19.4 Å². The summed E-state index contributed by atoms with van der Waals surface area (Å²) < 4.78 is 44.8. The minimum atomic E-state index is -5.08. The summed E-state index contributed by atoms with van der Waals surface area (Å²) in [6.07, 6.45) is -2.07. The summed E-state index contributed by atoms with van der Waals surface area (Å²) >= 11 is 1.64. The molecule has 0 unspecified atom stereocenters. The molecule has 0 bridgehead atoms. The SMILES string of the molecule is C=C(CNC(=O)OC(C)(C)C)COc1ccc(SN2CCC(C(=O)NC)CC2)cn1.O=C(O)C(F)(F)F. The van der Waals surface area contributed by atoms with Gasteiger partial charge in [0.05, 0.1) is 0 Å². The van der Waals surface area contributed by atoms with E-state index in [0.717, 1.165) is 30.8 Å². The quantitative estimate of drug-likeness (QED) is 0.328. The van der Waals surface area contributed by atoms with Crippen LogP contribution in [0.3, 0.4) is 0 Å². The first-order valence-electron chi connectivity index (χ1n) is 11.3. The molecule has 2 amide bonds. The molecule has 37 heavy (non-hydrogen) atoms. The number of aromatic nitrogens is 1. The van der Waals surface area contributed by atoms with Gasteiger partial charge in [-0.1, -0.05) is 6.58 Å². The topological polar surface area (TPSA) is 130 Å². The van der Waals surface area contributed by atoms with Crippen molar-refractivity contribution in [3.8, 4) is 5.88 Å². The van der Waals surface area contributed by atoms with Gasteiger partial charge in [0.25, 0.3) is 0 Å². The van der Waals surface area contributed by atoms with Crippen LogP contribution in [0, 0.1) is 5.92 Å². The Labute approximate surface area is 218 Å². The van der Waals surface area contributed by atoms with Crippen LogP contribution in [0.15, 0.2) is 35.4 Å². The number of nitrogens with zero attached hydrogens (tertiary/aromatic N) is 2. The number of carbonyl (C=O) groups is 3. The van der Waals surface area contributed by atoms with Crippen molar-refractivity contribution in [1.29, 1.82) is 0 Å². The molecule has 0 saturated carbocycles. The second-order valence-corrected chi connectivity index (χ2v) is 10.1. The lowest BCUT2D eigenvalue weighted by atomic mass is 9.97. The molecule has 3 N–H and O–H groups in total. The van der Waals surface area contributed by atoms with Crippen molar-refractivity contribution in [2.24, 2.45) is 5.92 Å². The van der Waals surface area contributed by atoms with Gasteiger partial charge in [-0.2, -0.15) is 13.2 Å². The standard InChI is InChI=1S/C21H32N4O4S.C2HF3O2/c1-15(12-24-20(27)29-21(2,3)4)14-28-18-7-6-17(13-23-18)30-25-10-8-16(9-11-25)19(26)22-5;3-2(4,5)1(6)7/h6-7,13,16H,1,8-12,14H2,2-5H3,(H,22,26)(H,24,27);(H,6,7). The Morgan fingerprint density at radius 2 is 1.81 bits per heavy atom. The van der Waals surface area contributed by atoms with Crippen molar-refractivity contribution < 1.29 is 42.1 Å². The van der Waals surface area contributed by atoms with Crippen molar-refractivity contribution in [2.75, 3.05) is 33.3 Å². The maximum absolute atomic E-state index is 11.7. The van der Waals surface area contributed by atoms with Crippen LogP contribution in [0.1, 0.15) is 33.6 Å². The Kier molecular flexibility index (Phi) is 12.7. The van der Waals surface area contributed by atoms with Crippen LogP contribution >= 0.6 is 11.9 Å². The minimum absolute atomic E-state index is 0.110. The molecule has 0 aliphatic carbocycles. The third-order valence-corrected chi connectivity index (χ3v) is 5.64. The van der Waals surface area contributed by atoms with Crippen LogP contribution in [0.2, 0.25) is 0 Å². The molecule has 14 heteroatoms. The average molecular weight is 551 g/mol. The Morgan fingerprint density at radius 1 is 1.22 bits per heavy atom. The Bertz CT molecular complexity index is 915. The Hall–Kier alpha value is -3.00. The van der Waals surface area contributed by atoms with E-state index in [1.165, 1.54) is 0 Å². The molecule has 1 saturated heterocycles. The summed E-state index contributed by atoms with van der Waals surface area (Å²) in [7, 11) is 1.69. The van der Waals surface area contributed by atoms with Crippen molar-refractivity contribution in [1.82, 2.24) is 19.9 Å². The fourth-order valence-corrected chi connectivity index (χ4v) is 3.73. The van der Waals surface area contributed by atoms with Crippen LogP contribution in [0.25, 0.3) is 0 Å². The summed E-state index contributed by atoms with van der Waals surface area (Å²) in [6, 6.07) is 3.77. The summed E-state index contributed by atoms with van der Waals surface area (Å²) in [5.74, 6) is -2.02. The number of piperidine rings is 1. The molecular formula is C23H33F3N4O6S. The normalized spacial score (nSPS) is 14.6. The number of ether oxygens (including phenoxy) is 2. The highest BCUT2D eigenvalue weighted by atomic mass is 32.2. The fourth-order valence-electron chi connectivity index (χ4n) is 2.81. The molecule has 1 aliphatic heterocycles. The van der Waals surface area contributed by atoms with E-state index in [1.54, 1.807) is 25.2 Å². The number of halogens is 3. The van der Waals surface area contributed by atoms with Gasteiger partial charge in [-0.25, -0.2) is 18.9 Å². The summed E-state index contributed by atoms with van der Waals surface area (Å²) in [5, 5.41) is 12.5. The zero-order valence-electron chi connectivity index (χ0n) is 21.2. The number of nitrogens with one attached hydrogen (secondary N) is 2. The molecule has 2 heterocycles. The minimum Gasteiger partial charge on any atom is -0.475 e. The van der Waals surface area contributed by atoms with Crippen molar-refractivity contribution in [3.63, 3.8) is 0 Å². The van der Waals surface area contributed by atoms with Crippen LogP contribution in [-0.4, -0.2) is 77.4 Å². The predicted octanol–water partition coefficient (Wildman–Crippen LogP) is 3.64. The first kappa shape index (κ1) is 32.0. The predicted molar refractivity (Wildman–Crippen MR) is 131 cm³/mol. The van der Waals surface area contributed by atoms with Gasteiger partial charge in [0.2, 0.25) is 11.8 Å². The van der Waals surface area contributed by atoms with Gasteiger partial charge in [-0.3, -0.25) is 4.79 Å². The second kappa shape index (κ2) is 14.7. The summed E-state index contributed by atoms with van der Waals surface area (Å²) in [5.41, 5.74) is 0.172. The molecule has 1 fully saturated rings. The first-order chi connectivity index (χ1) is 17.1. The number of carboxylic acids is 1. The van der Waals surface area contributed by atoms with Crippen LogP contribution in [0.5, 0.6) is 5.88 Å². The number of rotatable bonds is 8. The highest BCUT2D eigenvalue weighted by Gasteiger charge is 2.38. The van der Waals surface area contributed by atoms with Gasteiger partial charge < -0.3 is 25.2 Å². The molecule has 10 nitrogen and oxygen atoms in total. The monoisotopic (exact) mass is 550 g/mol. The van der Waals surface area contributed by atoms with Gasteiger partial charge in [-0.05, 0) is 57.2 Å². The van der Waals surface area contributed by atoms with Gasteiger partial charge in [0.15, 0.2) is 0 Å². The van der Waals surface area contributed by atoms with Crippen LogP contribution < -0.4 is 15.4 Å². The lowest BCUT2D eigenvalue weighted by Crippen LogP contribution is -2.36. The number of alkyl carbamates (subject to hydrolysis) is 1. The Morgan fingerprint density at radius 3 is 2.27 bits per heavy atom. The molecule has 2 rings (SSSR count). The number of aliphatic carboxylic acids is 1. The van der Waals surface area contributed by atoms with E-state index >= 15 is 0 Å². The van der Waals surface area contributed by atoms with E-state index in [1.807, 2.05) is 32.9 Å². The number of pyridine rings is 1. The van der Waals surface area contributed by atoms with Gasteiger partial charge in [0.1, 0.15) is 12.2 Å². The smallest absolute Gasteiger partial charge is 0.475 e. The van der Waals surface area contributed by atoms with Crippen LogP contribution in [0.4, 0.5) is 18.0 Å². The van der Waals surface area contributed by atoms with E-state index < -0.39 is 23.8 Å². The van der Waals surface area contributed by atoms with Crippen molar-refractivity contribution in [2.45, 2.75) is 50.3 Å². The summed E-state index contributed by atoms with van der Waals surface area (Å²) in [6.45, 7) is 11.6. The number of amides is 2. The van der Waals surface area contributed by atoms with Gasteiger partial charge in [-0.15, -0.1) is 0 Å². The number of carbonyl (C=O) groups excluding carboxylic acids is 2. The highest BCUT2D eigenvalue weighted by Crippen LogP contribution is 2.28. The average Bonchev–Trinajstić information content (AvgIpc) is 2.81. The zero-order valence-corrected chi connectivity index (χ0v) is 22.0. The zero-order chi connectivity index (χ0) is 28.2. The number of hydrogen-bond acceptors (Lipinski definition) is 8. The third kappa shape index (κ3) is 13.8. The maximum atomic E-state index is 11.7. The molecule has 1 aliphatic rings. The molecule has 1 aromatic heterocycles. The van der Waals surface area contributed by atoms with Crippen molar-refractivity contribution >= 4 is 29.9 Å². The largest absolute Gasteiger partial charge is 0.490 e. The highest BCUT2D eigenvalue weighted by molar-refractivity contribution is 7.97. The molecule has 0 atom stereocenters. The second-order valence-electron chi connectivity index (χ2n) is 8.94. The van der Waals surface area contributed by atoms with E-state index in [-0.39, 0.29) is 25.0 Å². The molecule has 0 radical (unpaired) electrons. The van der Waals surface area contributed by atoms with E-state index in [0.29, 0.717) is 11.5 Å². The molecule has 0 spiro atoms.